The zero-order chi connectivity index (χ0) is 24.2. The molecule has 1 N–H and O–H groups in total. The van der Waals surface area contributed by atoms with Gasteiger partial charge in [-0.15, -0.1) is 0 Å². The standard InChI is InChI=1S/C25H29NO7/c1-25(2,3)15-8-9-17(29-5)19(12-15)33-22-11-10-18(32-22)24(27)26-23-20(30-6)13-16(28-4)14-21(23)31-7/h8-14H,1-7H3,(H,26,27). The van der Waals surface area contributed by atoms with Gasteiger partial charge in [0.1, 0.15) is 22.9 Å². The molecule has 0 fully saturated rings. The van der Waals surface area contributed by atoms with Crippen LogP contribution in [0.2, 0.25) is 0 Å². The predicted molar refractivity (Wildman–Crippen MR) is 125 cm³/mol. The van der Waals surface area contributed by atoms with Crippen molar-refractivity contribution in [1.29, 1.82) is 0 Å². The molecule has 0 aliphatic rings. The summed E-state index contributed by atoms with van der Waals surface area (Å²) < 4.78 is 32.9. The first kappa shape index (κ1) is 23.8. The van der Waals surface area contributed by atoms with Crippen LogP contribution < -0.4 is 29.0 Å². The monoisotopic (exact) mass is 455 g/mol. The minimum Gasteiger partial charge on any atom is -0.496 e. The lowest BCUT2D eigenvalue weighted by molar-refractivity contribution is 0.0991. The Morgan fingerprint density at radius 3 is 1.97 bits per heavy atom. The highest BCUT2D eigenvalue weighted by Gasteiger charge is 2.21. The maximum atomic E-state index is 12.9. The smallest absolute Gasteiger partial charge is 0.291 e. The summed E-state index contributed by atoms with van der Waals surface area (Å²) in [6, 6.07) is 12.1. The van der Waals surface area contributed by atoms with Crippen molar-refractivity contribution in [2.75, 3.05) is 33.8 Å². The Morgan fingerprint density at radius 2 is 1.42 bits per heavy atom. The van der Waals surface area contributed by atoms with Crippen LogP contribution in [-0.4, -0.2) is 34.3 Å². The highest BCUT2D eigenvalue weighted by molar-refractivity contribution is 6.04. The number of benzene rings is 2. The van der Waals surface area contributed by atoms with Gasteiger partial charge in [-0.1, -0.05) is 26.8 Å². The van der Waals surface area contributed by atoms with Gasteiger partial charge in [0, 0.05) is 18.2 Å². The largest absolute Gasteiger partial charge is 0.496 e. The van der Waals surface area contributed by atoms with Gasteiger partial charge < -0.3 is 33.4 Å². The molecule has 3 rings (SSSR count). The van der Waals surface area contributed by atoms with Crippen LogP contribution in [0.1, 0.15) is 36.9 Å². The summed E-state index contributed by atoms with van der Waals surface area (Å²) >= 11 is 0. The van der Waals surface area contributed by atoms with Crippen molar-refractivity contribution in [3.05, 3.63) is 53.8 Å². The van der Waals surface area contributed by atoms with E-state index in [-0.39, 0.29) is 17.1 Å². The molecular weight excluding hydrogens is 426 g/mol. The van der Waals surface area contributed by atoms with Crippen molar-refractivity contribution in [3.63, 3.8) is 0 Å². The molecule has 1 amide bonds. The van der Waals surface area contributed by atoms with Crippen LogP contribution in [0.25, 0.3) is 0 Å². The van der Waals surface area contributed by atoms with Crippen LogP contribution in [-0.2, 0) is 5.41 Å². The Bertz CT molecular complexity index is 1100. The second-order valence-corrected chi connectivity index (χ2v) is 8.20. The van der Waals surface area contributed by atoms with E-state index in [0.717, 1.165) is 5.56 Å². The predicted octanol–water partition coefficient (Wildman–Crippen LogP) is 5.66. The first-order valence-electron chi connectivity index (χ1n) is 10.3. The Balaban J connectivity index is 1.84. The first-order chi connectivity index (χ1) is 15.7. The fraction of sp³-hybridized carbons (Fsp3) is 0.320. The molecule has 8 heteroatoms. The molecule has 0 atom stereocenters. The van der Waals surface area contributed by atoms with E-state index in [1.54, 1.807) is 25.3 Å². The maximum absolute atomic E-state index is 12.9. The lowest BCUT2D eigenvalue weighted by Gasteiger charge is -2.20. The molecular formula is C25H29NO7. The van der Waals surface area contributed by atoms with Crippen LogP contribution in [0.4, 0.5) is 5.69 Å². The Kier molecular flexibility index (Phi) is 7.06. The Hall–Kier alpha value is -3.81. The SMILES string of the molecule is COc1cc(OC)c(NC(=O)c2ccc(Oc3cc(C(C)(C)C)ccc3OC)o2)c(OC)c1. The third kappa shape index (κ3) is 5.34. The molecule has 0 aliphatic heterocycles. The summed E-state index contributed by atoms with van der Waals surface area (Å²) in [5.74, 6) is 2.04. The number of hydrogen-bond acceptors (Lipinski definition) is 7. The van der Waals surface area contributed by atoms with Gasteiger partial charge in [-0.05, 0) is 29.2 Å². The van der Waals surface area contributed by atoms with E-state index >= 15 is 0 Å². The third-order valence-electron chi connectivity index (χ3n) is 5.00. The van der Waals surface area contributed by atoms with Gasteiger partial charge in [-0.25, -0.2) is 0 Å². The first-order valence-corrected chi connectivity index (χ1v) is 10.3. The van der Waals surface area contributed by atoms with Crippen LogP contribution in [0.3, 0.4) is 0 Å². The molecule has 0 radical (unpaired) electrons. The quantitative estimate of drug-likeness (QED) is 0.469. The van der Waals surface area contributed by atoms with E-state index in [9.17, 15) is 4.79 Å². The summed E-state index contributed by atoms with van der Waals surface area (Å²) in [6.07, 6.45) is 0. The lowest BCUT2D eigenvalue weighted by atomic mass is 9.87. The number of carbonyl (C=O) groups excluding carboxylic acids is 1. The molecule has 0 spiro atoms. The van der Waals surface area contributed by atoms with Crippen molar-refractivity contribution in [2.24, 2.45) is 0 Å². The van der Waals surface area contributed by atoms with Crippen molar-refractivity contribution in [1.82, 2.24) is 0 Å². The van der Waals surface area contributed by atoms with Gasteiger partial charge in [0.25, 0.3) is 11.9 Å². The van der Waals surface area contributed by atoms with Crippen LogP contribution >= 0.6 is 0 Å². The molecule has 0 saturated heterocycles. The van der Waals surface area contributed by atoms with Crippen molar-refractivity contribution in [3.8, 4) is 34.7 Å². The van der Waals surface area contributed by atoms with Crippen LogP contribution in [0.5, 0.6) is 34.7 Å². The summed E-state index contributed by atoms with van der Waals surface area (Å²) in [7, 11) is 6.07. The number of methoxy groups -OCH3 is 4. The molecule has 0 unspecified atom stereocenters. The number of amides is 1. The number of rotatable bonds is 8. The fourth-order valence-electron chi connectivity index (χ4n) is 3.13. The molecule has 1 aromatic heterocycles. The minimum atomic E-state index is -0.498. The normalized spacial score (nSPS) is 11.0. The van der Waals surface area contributed by atoms with Crippen LogP contribution in [0.15, 0.2) is 46.9 Å². The zero-order valence-electron chi connectivity index (χ0n) is 19.9. The fourth-order valence-corrected chi connectivity index (χ4v) is 3.13. The molecule has 0 aliphatic carbocycles. The number of carbonyl (C=O) groups is 1. The number of nitrogens with one attached hydrogen (secondary N) is 1. The topological polar surface area (TPSA) is 88.4 Å². The number of anilines is 1. The molecule has 0 bridgehead atoms. The lowest BCUT2D eigenvalue weighted by Crippen LogP contribution is -2.13. The average molecular weight is 456 g/mol. The summed E-state index contributed by atoms with van der Waals surface area (Å²) in [5, 5.41) is 2.76. The van der Waals surface area contributed by atoms with E-state index in [4.69, 9.17) is 28.1 Å². The van der Waals surface area contributed by atoms with E-state index in [1.165, 1.54) is 27.4 Å². The zero-order valence-corrected chi connectivity index (χ0v) is 19.9. The average Bonchev–Trinajstić information content (AvgIpc) is 3.27. The van der Waals surface area contributed by atoms with Crippen molar-refractivity contribution < 1.29 is 32.9 Å². The number of furan rings is 1. The Labute approximate surface area is 193 Å². The van der Waals surface area contributed by atoms with Gasteiger partial charge in [0.05, 0.1) is 28.4 Å². The van der Waals surface area contributed by atoms with Gasteiger partial charge in [0.2, 0.25) is 0 Å². The molecule has 8 nitrogen and oxygen atoms in total. The van der Waals surface area contributed by atoms with Crippen molar-refractivity contribution in [2.45, 2.75) is 26.2 Å². The van der Waals surface area contributed by atoms with Gasteiger partial charge in [-0.3, -0.25) is 4.79 Å². The minimum absolute atomic E-state index is 0.0517. The van der Waals surface area contributed by atoms with E-state index < -0.39 is 5.91 Å². The van der Waals surface area contributed by atoms with E-state index in [0.29, 0.717) is 34.4 Å². The maximum Gasteiger partial charge on any atom is 0.291 e. The van der Waals surface area contributed by atoms with E-state index in [1.807, 2.05) is 18.2 Å². The molecule has 2 aromatic carbocycles. The summed E-state index contributed by atoms with van der Waals surface area (Å²) in [6.45, 7) is 6.32. The highest BCUT2D eigenvalue weighted by atomic mass is 16.6. The molecule has 1 heterocycles. The van der Waals surface area contributed by atoms with Crippen molar-refractivity contribution >= 4 is 11.6 Å². The second-order valence-electron chi connectivity index (χ2n) is 8.20. The number of ether oxygens (including phenoxy) is 5. The summed E-state index contributed by atoms with van der Waals surface area (Å²) in [5.41, 5.74) is 1.35. The third-order valence-corrected chi connectivity index (χ3v) is 5.00. The van der Waals surface area contributed by atoms with Gasteiger partial charge in [-0.2, -0.15) is 0 Å². The second kappa shape index (κ2) is 9.77. The van der Waals surface area contributed by atoms with Crippen LogP contribution in [0, 0.1) is 0 Å². The van der Waals surface area contributed by atoms with Gasteiger partial charge in [0.15, 0.2) is 17.3 Å². The Morgan fingerprint density at radius 1 is 0.788 bits per heavy atom. The van der Waals surface area contributed by atoms with E-state index in [2.05, 4.69) is 26.1 Å². The summed E-state index contributed by atoms with van der Waals surface area (Å²) in [4.78, 5) is 12.9. The highest BCUT2D eigenvalue weighted by Crippen LogP contribution is 2.40. The van der Waals surface area contributed by atoms with Gasteiger partial charge >= 0.3 is 0 Å². The number of hydrogen-bond donors (Lipinski definition) is 1. The molecule has 3 aromatic rings. The molecule has 176 valence electrons. The molecule has 0 saturated carbocycles. The molecule has 33 heavy (non-hydrogen) atoms.